The van der Waals surface area contributed by atoms with E-state index >= 15 is 0 Å². The standard InChI is InChI=1S/C21H14FNO4S/c1-23-20(24)17-15-10-12(19-14(21(25)26)8-9-28-19)4-7-16(15)27-18(17)11-2-5-13(22)6-3-11/h2-10H,1H3,(H,23,24)(H,25,26). The number of amides is 1. The second kappa shape index (κ2) is 6.94. The summed E-state index contributed by atoms with van der Waals surface area (Å²) in [7, 11) is 1.52. The van der Waals surface area contributed by atoms with Crippen molar-refractivity contribution < 1.29 is 23.5 Å². The van der Waals surface area contributed by atoms with Gasteiger partial charge in [-0.3, -0.25) is 4.79 Å². The van der Waals surface area contributed by atoms with Crippen LogP contribution in [0.15, 0.2) is 58.3 Å². The van der Waals surface area contributed by atoms with Crippen molar-refractivity contribution in [1.82, 2.24) is 5.32 Å². The van der Waals surface area contributed by atoms with Crippen LogP contribution in [0.5, 0.6) is 0 Å². The predicted molar refractivity (Wildman–Crippen MR) is 105 cm³/mol. The van der Waals surface area contributed by atoms with Crippen molar-refractivity contribution in [3.05, 3.63) is 70.9 Å². The second-order valence-corrected chi connectivity index (χ2v) is 6.99. The summed E-state index contributed by atoms with van der Waals surface area (Å²) in [6.45, 7) is 0. The summed E-state index contributed by atoms with van der Waals surface area (Å²) in [4.78, 5) is 24.6. The van der Waals surface area contributed by atoms with Crippen molar-refractivity contribution in [3.63, 3.8) is 0 Å². The number of rotatable bonds is 4. The zero-order valence-corrected chi connectivity index (χ0v) is 15.5. The maximum absolute atomic E-state index is 13.3. The SMILES string of the molecule is CNC(=O)c1c(-c2ccc(F)cc2)oc2ccc(-c3sccc3C(=O)O)cc12. The number of halogens is 1. The molecule has 0 aliphatic carbocycles. The third-order valence-electron chi connectivity index (χ3n) is 4.41. The quantitative estimate of drug-likeness (QED) is 0.508. The molecule has 0 aliphatic heterocycles. The van der Waals surface area contributed by atoms with E-state index in [0.29, 0.717) is 38.3 Å². The summed E-state index contributed by atoms with van der Waals surface area (Å²) >= 11 is 1.31. The Balaban J connectivity index is 1.95. The molecule has 4 rings (SSSR count). The number of hydrogen-bond acceptors (Lipinski definition) is 4. The Hall–Kier alpha value is -3.45. The first-order chi connectivity index (χ1) is 13.5. The molecule has 2 aromatic heterocycles. The van der Waals surface area contributed by atoms with Crippen molar-refractivity contribution in [1.29, 1.82) is 0 Å². The number of carboxylic acids is 1. The molecule has 2 heterocycles. The average molecular weight is 395 g/mol. The van der Waals surface area contributed by atoms with Gasteiger partial charge in [-0.05, 0) is 59.5 Å². The van der Waals surface area contributed by atoms with E-state index in [1.54, 1.807) is 41.8 Å². The minimum absolute atomic E-state index is 0.202. The van der Waals surface area contributed by atoms with Gasteiger partial charge in [-0.15, -0.1) is 11.3 Å². The lowest BCUT2D eigenvalue weighted by molar-refractivity contribution is 0.0698. The zero-order valence-electron chi connectivity index (χ0n) is 14.7. The molecule has 4 aromatic rings. The molecule has 0 radical (unpaired) electrons. The lowest BCUT2D eigenvalue weighted by Gasteiger charge is -2.03. The summed E-state index contributed by atoms with van der Waals surface area (Å²) in [6.07, 6.45) is 0. The van der Waals surface area contributed by atoms with E-state index in [9.17, 15) is 19.1 Å². The van der Waals surface area contributed by atoms with E-state index in [2.05, 4.69) is 5.32 Å². The fraction of sp³-hybridized carbons (Fsp3) is 0.0476. The van der Waals surface area contributed by atoms with Gasteiger partial charge >= 0.3 is 5.97 Å². The highest BCUT2D eigenvalue weighted by molar-refractivity contribution is 7.14. The number of nitrogens with one attached hydrogen (secondary N) is 1. The molecule has 2 N–H and O–H groups in total. The Kier molecular flexibility index (Phi) is 4.44. The van der Waals surface area contributed by atoms with Gasteiger partial charge in [-0.1, -0.05) is 0 Å². The largest absolute Gasteiger partial charge is 0.478 e. The third kappa shape index (κ3) is 2.95. The number of benzene rings is 2. The number of hydrogen-bond donors (Lipinski definition) is 2. The van der Waals surface area contributed by atoms with Crippen LogP contribution in [0.2, 0.25) is 0 Å². The first-order valence-corrected chi connectivity index (χ1v) is 9.23. The van der Waals surface area contributed by atoms with Gasteiger partial charge in [0.05, 0.1) is 11.1 Å². The Morgan fingerprint density at radius 2 is 1.79 bits per heavy atom. The lowest BCUT2D eigenvalue weighted by Crippen LogP contribution is -2.18. The van der Waals surface area contributed by atoms with Crippen molar-refractivity contribution in [2.75, 3.05) is 7.05 Å². The van der Waals surface area contributed by atoms with Gasteiger partial charge in [-0.25, -0.2) is 9.18 Å². The topological polar surface area (TPSA) is 79.5 Å². The molecule has 2 aromatic carbocycles. The van der Waals surface area contributed by atoms with E-state index in [1.807, 2.05) is 0 Å². The van der Waals surface area contributed by atoms with Gasteiger partial charge in [0, 0.05) is 22.9 Å². The van der Waals surface area contributed by atoms with Crippen LogP contribution in [-0.4, -0.2) is 24.0 Å². The number of carbonyl (C=O) groups is 2. The van der Waals surface area contributed by atoms with E-state index < -0.39 is 5.97 Å². The van der Waals surface area contributed by atoms with Gasteiger partial charge in [0.1, 0.15) is 17.2 Å². The molecule has 7 heteroatoms. The van der Waals surface area contributed by atoms with Gasteiger partial charge in [0.2, 0.25) is 0 Å². The van der Waals surface area contributed by atoms with Crippen LogP contribution >= 0.6 is 11.3 Å². The normalized spacial score (nSPS) is 10.9. The highest BCUT2D eigenvalue weighted by Gasteiger charge is 2.23. The smallest absolute Gasteiger partial charge is 0.337 e. The van der Waals surface area contributed by atoms with Crippen LogP contribution in [0.1, 0.15) is 20.7 Å². The summed E-state index contributed by atoms with van der Waals surface area (Å²) < 4.78 is 19.2. The molecule has 0 aliphatic rings. The molecule has 0 bridgehead atoms. The number of carboxylic acid groups (broad SMARTS) is 1. The molecule has 0 atom stereocenters. The first-order valence-electron chi connectivity index (χ1n) is 8.35. The molecule has 0 fully saturated rings. The minimum Gasteiger partial charge on any atom is -0.478 e. The van der Waals surface area contributed by atoms with Crippen molar-refractivity contribution in [2.45, 2.75) is 0 Å². The molecule has 0 saturated carbocycles. The van der Waals surface area contributed by atoms with Gasteiger partial charge < -0.3 is 14.8 Å². The van der Waals surface area contributed by atoms with Crippen molar-refractivity contribution >= 4 is 34.2 Å². The summed E-state index contributed by atoms with van der Waals surface area (Å²) in [5.41, 5.74) is 2.25. The summed E-state index contributed by atoms with van der Waals surface area (Å²) in [5, 5.41) is 14.2. The summed E-state index contributed by atoms with van der Waals surface area (Å²) in [5.74, 6) is -1.42. The fourth-order valence-corrected chi connectivity index (χ4v) is 3.98. The average Bonchev–Trinajstić information content (AvgIpc) is 3.32. The molecule has 28 heavy (non-hydrogen) atoms. The number of furan rings is 1. The second-order valence-electron chi connectivity index (χ2n) is 6.07. The molecule has 0 spiro atoms. The third-order valence-corrected chi connectivity index (χ3v) is 5.37. The Morgan fingerprint density at radius 1 is 1.07 bits per heavy atom. The van der Waals surface area contributed by atoms with Crippen LogP contribution in [0.3, 0.4) is 0 Å². The monoisotopic (exact) mass is 395 g/mol. The Bertz CT molecular complexity index is 1210. The number of thiophene rings is 1. The van der Waals surface area contributed by atoms with E-state index in [0.717, 1.165) is 0 Å². The Morgan fingerprint density at radius 3 is 2.46 bits per heavy atom. The van der Waals surface area contributed by atoms with E-state index in [-0.39, 0.29) is 17.3 Å². The predicted octanol–water partition coefficient (Wildman–Crippen LogP) is 5.03. The first kappa shape index (κ1) is 17.9. The molecule has 0 unspecified atom stereocenters. The van der Waals surface area contributed by atoms with Gasteiger partial charge in [0.25, 0.3) is 5.91 Å². The minimum atomic E-state index is -1.01. The van der Waals surface area contributed by atoms with Crippen LogP contribution in [0, 0.1) is 5.82 Å². The Labute approximate surface area is 163 Å². The fourth-order valence-electron chi connectivity index (χ4n) is 3.10. The van der Waals surface area contributed by atoms with Crippen LogP contribution < -0.4 is 5.32 Å². The molecular formula is C21H14FNO4S. The van der Waals surface area contributed by atoms with Crippen molar-refractivity contribution in [2.24, 2.45) is 0 Å². The van der Waals surface area contributed by atoms with Crippen molar-refractivity contribution in [3.8, 4) is 21.8 Å². The van der Waals surface area contributed by atoms with Gasteiger partial charge in [-0.2, -0.15) is 0 Å². The highest BCUT2D eigenvalue weighted by Crippen LogP contribution is 2.38. The maximum atomic E-state index is 13.3. The molecule has 5 nitrogen and oxygen atoms in total. The molecular weight excluding hydrogens is 381 g/mol. The number of carbonyl (C=O) groups excluding carboxylic acids is 1. The highest BCUT2D eigenvalue weighted by atomic mass is 32.1. The molecule has 140 valence electrons. The van der Waals surface area contributed by atoms with Gasteiger partial charge in [0.15, 0.2) is 0 Å². The number of fused-ring (bicyclic) bond motifs is 1. The van der Waals surface area contributed by atoms with Crippen LogP contribution in [0.4, 0.5) is 4.39 Å². The van der Waals surface area contributed by atoms with Crippen LogP contribution in [-0.2, 0) is 0 Å². The zero-order chi connectivity index (χ0) is 19.8. The number of aromatic carboxylic acids is 1. The van der Waals surface area contributed by atoms with Crippen LogP contribution in [0.25, 0.3) is 32.7 Å². The molecule has 0 saturated heterocycles. The summed E-state index contributed by atoms with van der Waals surface area (Å²) in [6, 6.07) is 12.4. The molecule has 1 amide bonds. The van der Waals surface area contributed by atoms with E-state index in [1.165, 1.54) is 30.5 Å². The maximum Gasteiger partial charge on any atom is 0.337 e. The van der Waals surface area contributed by atoms with E-state index in [4.69, 9.17) is 4.42 Å². The lowest BCUT2D eigenvalue weighted by atomic mass is 10.0.